The van der Waals surface area contributed by atoms with Crippen LogP contribution in [0.3, 0.4) is 0 Å². The van der Waals surface area contributed by atoms with E-state index < -0.39 is 10.0 Å². The lowest BCUT2D eigenvalue weighted by molar-refractivity contribution is 0.584. The van der Waals surface area contributed by atoms with Crippen molar-refractivity contribution in [2.24, 2.45) is 0 Å². The minimum Gasteiger partial charge on any atom is -0.241 e. The first-order valence-electron chi connectivity index (χ1n) is 5.09. The van der Waals surface area contributed by atoms with Crippen molar-refractivity contribution in [3.63, 3.8) is 0 Å². The molecule has 0 amide bonds. The van der Waals surface area contributed by atoms with Crippen LogP contribution in [0, 0.1) is 3.57 Å². The molecule has 17 heavy (non-hydrogen) atoms. The molecule has 0 aliphatic rings. The lowest BCUT2D eigenvalue weighted by Gasteiger charge is -2.08. The molecule has 0 unspecified atom stereocenters. The van der Waals surface area contributed by atoms with Crippen LogP contribution in [-0.2, 0) is 16.4 Å². The van der Waals surface area contributed by atoms with Gasteiger partial charge in [-0.3, -0.25) is 0 Å². The van der Waals surface area contributed by atoms with Crippen molar-refractivity contribution in [3.8, 4) is 0 Å². The second kappa shape index (κ2) is 4.77. The number of aryl methyl sites for hydroxylation is 1. The molecule has 1 heterocycles. The predicted octanol–water partition coefficient (Wildman–Crippen LogP) is 2.29. The van der Waals surface area contributed by atoms with Gasteiger partial charge >= 0.3 is 0 Å². The van der Waals surface area contributed by atoms with E-state index in [1.807, 2.05) is 6.92 Å². The summed E-state index contributed by atoms with van der Waals surface area (Å²) in [6.07, 6.45) is 3.56. The van der Waals surface area contributed by atoms with Crippen LogP contribution < -0.4 is 0 Å². The Labute approximate surface area is 114 Å². The number of halogens is 1. The first-order chi connectivity index (χ1) is 8.05. The normalized spacial score (nSPS) is 11.6. The smallest absolute Gasteiger partial charge is 0.241 e. The van der Waals surface area contributed by atoms with Crippen LogP contribution in [0.25, 0.3) is 0 Å². The number of hydrogen-bond acceptors (Lipinski definition) is 3. The maximum absolute atomic E-state index is 12.3. The van der Waals surface area contributed by atoms with E-state index in [9.17, 15) is 8.42 Å². The molecule has 1 aromatic carbocycles. The quantitative estimate of drug-likeness (QED) is 0.788. The minimum absolute atomic E-state index is 0.283. The van der Waals surface area contributed by atoms with Gasteiger partial charge in [0.25, 0.3) is 10.0 Å². The summed E-state index contributed by atoms with van der Waals surface area (Å²) >= 11 is 2.14. The molecule has 1 aromatic heterocycles. The van der Waals surface area contributed by atoms with E-state index in [0.29, 0.717) is 12.2 Å². The molecule has 0 radical (unpaired) electrons. The Balaban J connectivity index is 2.54. The summed E-state index contributed by atoms with van der Waals surface area (Å²) in [6.45, 7) is 1.88. The summed E-state index contributed by atoms with van der Waals surface area (Å²) in [5, 5.41) is 0. The van der Waals surface area contributed by atoms with E-state index in [0.717, 1.165) is 3.57 Å². The summed E-state index contributed by atoms with van der Waals surface area (Å²) in [7, 11) is -3.50. The Morgan fingerprint density at radius 2 is 1.94 bits per heavy atom. The van der Waals surface area contributed by atoms with Gasteiger partial charge in [0.1, 0.15) is 5.82 Å². The summed E-state index contributed by atoms with van der Waals surface area (Å²) in [4.78, 5) is 4.31. The van der Waals surface area contributed by atoms with Crippen LogP contribution in [0.5, 0.6) is 0 Å². The highest BCUT2D eigenvalue weighted by atomic mass is 127. The van der Waals surface area contributed by atoms with E-state index in [-0.39, 0.29) is 4.90 Å². The standard InChI is InChI=1S/C11H11IN2O2S/c1-2-11-13-7-8-14(11)17(15,16)10-5-3-9(12)4-6-10/h3-8H,2H2,1H3. The molecule has 0 bridgehead atoms. The predicted molar refractivity (Wildman–Crippen MR) is 73.3 cm³/mol. The van der Waals surface area contributed by atoms with Crippen LogP contribution in [-0.4, -0.2) is 17.4 Å². The van der Waals surface area contributed by atoms with Crippen LogP contribution >= 0.6 is 22.6 Å². The van der Waals surface area contributed by atoms with Crippen molar-refractivity contribution in [2.45, 2.75) is 18.2 Å². The maximum Gasteiger partial charge on any atom is 0.269 e. The van der Waals surface area contributed by atoms with Gasteiger partial charge in [-0.15, -0.1) is 0 Å². The van der Waals surface area contributed by atoms with Gasteiger partial charge in [0, 0.05) is 22.4 Å². The Bertz CT molecular complexity index is 617. The molecule has 0 aliphatic heterocycles. The topological polar surface area (TPSA) is 52.0 Å². The van der Waals surface area contributed by atoms with Gasteiger partial charge in [-0.25, -0.2) is 17.4 Å². The third-order valence-electron chi connectivity index (χ3n) is 2.37. The first-order valence-corrected chi connectivity index (χ1v) is 7.61. The van der Waals surface area contributed by atoms with Gasteiger partial charge in [0.15, 0.2) is 0 Å². The molecule has 0 spiro atoms. The fourth-order valence-corrected chi connectivity index (χ4v) is 3.24. The van der Waals surface area contributed by atoms with Crippen LogP contribution in [0.1, 0.15) is 12.7 Å². The second-order valence-corrected chi connectivity index (χ2v) is 6.51. The van der Waals surface area contributed by atoms with Crippen molar-refractivity contribution in [3.05, 3.63) is 46.1 Å². The third-order valence-corrected chi connectivity index (χ3v) is 4.80. The van der Waals surface area contributed by atoms with Gasteiger partial charge in [-0.2, -0.15) is 0 Å². The van der Waals surface area contributed by atoms with Crippen molar-refractivity contribution >= 4 is 32.6 Å². The average Bonchev–Trinajstić information content (AvgIpc) is 2.78. The van der Waals surface area contributed by atoms with E-state index in [1.165, 1.54) is 16.4 Å². The van der Waals surface area contributed by atoms with E-state index in [2.05, 4.69) is 27.6 Å². The Hall–Kier alpha value is -0.890. The van der Waals surface area contributed by atoms with Crippen molar-refractivity contribution in [1.29, 1.82) is 0 Å². The molecular weight excluding hydrogens is 351 g/mol. The molecule has 6 heteroatoms. The molecule has 0 saturated carbocycles. The Kier molecular flexibility index (Phi) is 3.53. The summed E-state index contributed by atoms with van der Waals surface area (Å²) in [6, 6.07) is 6.76. The molecule has 2 aromatic rings. The highest BCUT2D eigenvalue weighted by Gasteiger charge is 2.18. The zero-order chi connectivity index (χ0) is 12.5. The van der Waals surface area contributed by atoms with Crippen LogP contribution in [0.15, 0.2) is 41.6 Å². The van der Waals surface area contributed by atoms with Gasteiger partial charge in [0.05, 0.1) is 4.90 Å². The average molecular weight is 362 g/mol. The van der Waals surface area contributed by atoms with Gasteiger partial charge in [0.2, 0.25) is 0 Å². The number of imidazole rings is 1. The number of benzene rings is 1. The second-order valence-electron chi connectivity index (χ2n) is 3.45. The van der Waals surface area contributed by atoms with Crippen molar-refractivity contribution < 1.29 is 8.42 Å². The lowest BCUT2D eigenvalue weighted by atomic mass is 10.4. The van der Waals surface area contributed by atoms with Gasteiger partial charge < -0.3 is 0 Å². The summed E-state index contributed by atoms with van der Waals surface area (Å²) in [5.74, 6) is 0.545. The Morgan fingerprint density at radius 3 is 2.53 bits per heavy atom. The molecule has 90 valence electrons. The highest BCUT2D eigenvalue weighted by Crippen LogP contribution is 2.17. The molecule has 0 atom stereocenters. The molecule has 0 fully saturated rings. The summed E-state index contributed by atoms with van der Waals surface area (Å²) < 4.78 is 26.8. The zero-order valence-corrected chi connectivity index (χ0v) is 12.1. The number of rotatable bonds is 3. The maximum atomic E-state index is 12.3. The highest BCUT2D eigenvalue weighted by molar-refractivity contribution is 14.1. The van der Waals surface area contributed by atoms with Crippen molar-refractivity contribution in [1.82, 2.24) is 8.96 Å². The molecular formula is C11H11IN2O2S. The van der Waals surface area contributed by atoms with E-state index in [4.69, 9.17) is 0 Å². The van der Waals surface area contributed by atoms with E-state index >= 15 is 0 Å². The first kappa shape index (κ1) is 12.6. The van der Waals surface area contributed by atoms with E-state index in [1.54, 1.807) is 24.3 Å². The number of nitrogens with zero attached hydrogens (tertiary/aromatic N) is 2. The van der Waals surface area contributed by atoms with Gasteiger partial charge in [-0.05, 0) is 46.9 Å². The molecule has 0 aliphatic carbocycles. The van der Waals surface area contributed by atoms with Crippen LogP contribution in [0.4, 0.5) is 0 Å². The van der Waals surface area contributed by atoms with Gasteiger partial charge in [-0.1, -0.05) is 6.92 Å². The minimum atomic E-state index is -3.50. The summed E-state index contributed by atoms with van der Waals surface area (Å²) in [5.41, 5.74) is 0. The van der Waals surface area contributed by atoms with Crippen molar-refractivity contribution in [2.75, 3.05) is 0 Å². The largest absolute Gasteiger partial charge is 0.269 e. The third kappa shape index (κ3) is 2.37. The fraction of sp³-hybridized carbons (Fsp3) is 0.182. The zero-order valence-electron chi connectivity index (χ0n) is 9.17. The SMILES string of the molecule is CCc1nccn1S(=O)(=O)c1ccc(I)cc1. The fourth-order valence-electron chi connectivity index (χ4n) is 1.51. The molecule has 2 rings (SSSR count). The molecule has 0 N–H and O–H groups in total. The number of hydrogen-bond donors (Lipinski definition) is 0. The monoisotopic (exact) mass is 362 g/mol. The van der Waals surface area contributed by atoms with Crippen LogP contribution in [0.2, 0.25) is 0 Å². The molecule has 4 nitrogen and oxygen atoms in total. The molecule has 0 saturated heterocycles. The lowest BCUT2D eigenvalue weighted by Crippen LogP contribution is -2.14. The number of aromatic nitrogens is 2. The Morgan fingerprint density at radius 1 is 1.29 bits per heavy atom.